The molecule has 0 unspecified atom stereocenters. The van der Waals surface area contributed by atoms with Crippen molar-refractivity contribution in [2.75, 3.05) is 25.5 Å². The number of unbranched alkanes of at least 4 members (excludes halogenated alkanes) is 15. The lowest BCUT2D eigenvalue weighted by molar-refractivity contribution is -0.00000624. The van der Waals surface area contributed by atoms with Crippen molar-refractivity contribution in [1.82, 2.24) is 0 Å². The first kappa shape index (κ1) is 33.3. The molecule has 0 aliphatic rings. The van der Waals surface area contributed by atoms with Gasteiger partial charge >= 0.3 is 0 Å². The van der Waals surface area contributed by atoms with Crippen molar-refractivity contribution in [3.8, 4) is 0 Å². The lowest BCUT2D eigenvalue weighted by Gasteiger charge is -2.18. The van der Waals surface area contributed by atoms with E-state index in [9.17, 15) is 0 Å². The van der Waals surface area contributed by atoms with Gasteiger partial charge < -0.3 is 18.1 Å². The molecule has 0 aliphatic carbocycles. The minimum Gasteiger partial charge on any atom is -1.00 e. The Bertz CT molecular complexity index is 201. The van der Waals surface area contributed by atoms with Crippen molar-refractivity contribution < 1.29 is 12.4 Å². The Morgan fingerprint density at radius 1 is 0.393 bits per heavy atom. The fourth-order valence-corrected chi connectivity index (χ4v) is 6.37. The summed E-state index contributed by atoms with van der Waals surface area (Å²) in [4.78, 5) is 0. The van der Waals surface area contributed by atoms with Gasteiger partial charge in [0.2, 0.25) is 0 Å². The molecule has 0 bridgehead atoms. The molecule has 0 aromatic heterocycles. The van der Waals surface area contributed by atoms with Gasteiger partial charge in [-0.3, -0.25) is 0 Å². The molecule has 2 N–H and O–H groups in total. The SMILES string of the molecule is CCCCCCCCP(CCCCCCCC)CCCCCCCC.CN.[Cl-]. The Labute approximate surface area is 187 Å². The maximum absolute atomic E-state index is 4.50. The van der Waals surface area contributed by atoms with Crippen LogP contribution in [-0.4, -0.2) is 25.5 Å². The zero-order chi connectivity index (χ0) is 20.4. The second-order valence-corrected chi connectivity index (χ2v) is 10.8. The number of hydrogen-bond donors (Lipinski definition) is 1. The molecule has 0 aromatic carbocycles. The van der Waals surface area contributed by atoms with Crippen LogP contribution < -0.4 is 18.1 Å². The molecule has 1 nitrogen and oxygen atoms in total. The highest BCUT2D eigenvalue weighted by Gasteiger charge is 2.07. The van der Waals surface area contributed by atoms with E-state index in [-0.39, 0.29) is 12.4 Å². The summed E-state index contributed by atoms with van der Waals surface area (Å²) < 4.78 is 0. The van der Waals surface area contributed by atoms with Crippen molar-refractivity contribution in [3.63, 3.8) is 0 Å². The zero-order valence-electron chi connectivity index (χ0n) is 20.3. The summed E-state index contributed by atoms with van der Waals surface area (Å²) in [5, 5.41) is 0. The van der Waals surface area contributed by atoms with E-state index in [0.29, 0.717) is 7.92 Å². The van der Waals surface area contributed by atoms with E-state index in [0.717, 1.165) is 0 Å². The molecule has 174 valence electrons. The first-order chi connectivity index (χ1) is 13.3. The molecule has 0 radical (unpaired) electrons. The average Bonchev–Trinajstić information content (AvgIpc) is 2.70. The van der Waals surface area contributed by atoms with E-state index in [1.807, 2.05) is 0 Å². The Kier molecular flexibility index (Phi) is 38.5. The molecule has 3 heteroatoms. The van der Waals surface area contributed by atoms with Crippen LogP contribution >= 0.6 is 7.92 Å². The molecule has 0 saturated carbocycles. The highest BCUT2D eigenvalue weighted by molar-refractivity contribution is 7.57. The molecule has 0 rings (SSSR count). The van der Waals surface area contributed by atoms with Crippen LogP contribution in [0.4, 0.5) is 0 Å². The predicted molar refractivity (Wildman–Crippen MR) is 132 cm³/mol. The van der Waals surface area contributed by atoms with E-state index in [1.165, 1.54) is 123 Å². The summed E-state index contributed by atoms with van der Waals surface area (Å²) in [7, 11) is 1.87. The minimum atomic E-state index is 0. The summed E-state index contributed by atoms with van der Waals surface area (Å²) in [5.74, 6) is 0. The van der Waals surface area contributed by atoms with Gasteiger partial charge in [0, 0.05) is 0 Å². The maximum Gasteiger partial charge on any atom is -0.0195 e. The topological polar surface area (TPSA) is 26.0 Å². The lowest BCUT2D eigenvalue weighted by Crippen LogP contribution is -3.00. The Morgan fingerprint density at radius 3 is 0.857 bits per heavy atom. The third-order valence-electron chi connectivity index (χ3n) is 5.48. The van der Waals surface area contributed by atoms with Gasteiger partial charge in [-0.1, -0.05) is 117 Å². The van der Waals surface area contributed by atoms with Gasteiger partial charge in [-0.15, -0.1) is 7.92 Å². The molecule has 0 aliphatic heterocycles. The van der Waals surface area contributed by atoms with E-state index >= 15 is 0 Å². The van der Waals surface area contributed by atoms with Crippen molar-refractivity contribution in [3.05, 3.63) is 0 Å². The number of halogens is 1. The van der Waals surface area contributed by atoms with Crippen LogP contribution in [0.5, 0.6) is 0 Å². The second-order valence-electron chi connectivity index (χ2n) is 8.14. The lowest BCUT2D eigenvalue weighted by atomic mass is 10.1. The third kappa shape index (κ3) is 28.9. The molecular formula is C25H56ClNP-. The summed E-state index contributed by atoms with van der Waals surface area (Å²) in [6, 6.07) is 0. The molecule has 0 spiro atoms. The Morgan fingerprint density at radius 2 is 0.607 bits per heavy atom. The molecular weight excluding hydrogens is 381 g/mol. The first-order valence-electron chi connectivity index (χ1n) is 12.6. The van der Waals surface area contributed by atoms with Crippen LogP contribution in [0.1, 0.15) is 136 Å². The molecule has 0 amide bonds. The van der Waals surface area contributed by atoms with E-state index in [4.69, 9.17) is 0 Å². The normalized spacial score (nSPS) is 10.5. The predicted octanol–water partition coefficient (Wildman–Crippen LogP) is 6.13. The van der Waals surface area contributed by atoms with Crippen LogP contribution in [0.3, 0.4) is 0 Å². The number of nitrogens with two attached hydrogens (primary N) is 1. The van der Waals surface area contributed by atoms with E-state index in [2.05, 4.69) is 26.5 Å². The highest BCUT2D eigenvalue weighted by Crippen LogP contribution is 2.39. The molecule has 0 fully saturated rings. The quantitative estimate of drug-likeness (QED) is 0.170. The second kappa shape index (κ2) is 32.3. The monoisotopic (exact) mass is 436 g/mol. The Hall–Kier alpha value is 0.680. The van der Waals surface area contributed by atoms with Crippen LogP contribution in [0, 0.1) is 0 Å². The molecule has 0 heterocycles. The smallest absolute Gasteiger partial charge is 0.0195 e. The summed E-state index contributed by atoms with van der Waals surface area (Å²) in [6.45, 7) is 6.96. The maximum atomic E-state index is 4.50. The van der Waals surface area contributed by atoms with E-state index in [1.54, 1.807) is 18.5 Å². The van der Waals surface area contributed by atoms with Gasteiger partial charge in [0.1, 0.15) is 0 Å². The molecule has 28 heavy (non-hydrogen) atoms. The van der Waals surface area contributed by atoms with Crippen molar-refractivity contribution >= 4 is 7.92 Å². The first-order valence-corrected chi connectivity index (χ1v) is 14.5. The van der Waals surface area contributed by atoms with Gasteiger partial charge in [0.15, 0.2) is 0 Å². The van der Waals surface area contributed by atoms with Crippen molar-refractivity contribution in [1.29, 1.82) is 0 Å². The summed E-state index contributed by atoms with van der Waals surface area (Å²) in [5.41, 5.74) is 4.50. The highest BCUT2D eigenvalue weighted by atomic mass is 35.5. The average molecular weight is 437 g/mol. The minimum absolute atomic E-state index is 0. The molecule has 0 aromatic rings. The van der Waals surface area contributed by atoms with Gasteiger partial charge in [0.05, 0.1) is 0 Å². The van der Waals surface area contributed by atoms with Gasteiger partial charge in [0.25, 0.3) is 0 Å². The van der Waals surface area contributed by atoms with Crippen LogP contribution in [0.15, 0.2) is 0 Å². The fourth-order valence-electron chi connectivity index (χ4n) is 3.68. The van der Waals surface area contributed by atoms with Crippen molar-refractivity contribution in [2.45, 2.75) is 136 Å². The zero-order valence-corrected chi connectivity index (χ0v) is 21.9. The standard InChI is InChI=1S/C24H51P.CH5N.ClH/c1-4-7-10-13-16-19-22-25(23-20-17-14-11-8-5-2)24-21-18-15-12-9-6-3;1-2;/h4-24H2,1-3H3;2H2,1H3;1H/p-1. The molecule has 0 saturated heterocycles. The van der Waals surface area contributed by atoms with Crippen LogP contribution in [0.2, 0.25) is 0 Å². The fraction of sp³-hybridized carbons (Fsp3) is 1.00. The number of rotatable bonds is 21. The van der Waals surface area contributed by atoms with Gasteiger partial charge in [-0.05, 0) is 44.8 Å². The van der Waals surface area contributed by atoms with Crippen LogP contribution in [-0.2, 0) is 0 Å². The van der Waals surface area contributed by atoms with Crippen molar-refractivity contribution in [2.24, 2.45) is 5.73 Å². The summed E-state index contributed by atoms with van der Waals surface area (Å²) in [6.07, 6.45) is 31.2. The van der Waals surface area contributed by atoms with Gasteiger partial charge in [-0.25, -0.2) is 0 Å². The van der Waals surface area contributed by atoms with Crippen LogP contribution in [0.25, 0.3) is 0 Å². The third-order valence-corrected chi connectivity index (χ3v) is 8.33. The number of hydrogen-bond acceptors (Lipinski definition) is 1. The molecule has 0 atom stereocenters. The largest absolute Gasteiger partial charge is 1.00 e. The Balaban J connectivity index is -0.00000201. The summed E-state index contributed by atoms with van der Waals surface area (Å²) >= 11 is 0. The van der Waals surface area contributed by atoms with Gasteiger partial charge in [-0.2, -0.15) is 0 Å². The van der Waals surface area contributed by atoms with E-state index < -0.39 is 0 Å².